The van der Waals surface area contributed by atoms with Crippen LogP contribution in [-0.4, -0.2) is 9.97 Å². The second-order valence-corrected chi connectivity index (χ2v) is 5.04. The summed E-state index contributed by atoms with van der Waals surface area (Å²) in [5.41, 5.74) is 3.09. The number of ether oxygens (including phenoxy) is 1. The van der Waals surface area contributed by atoms with E-state index in [1.54, 1.807) is 12.4 Å². The maximum Gasteiger partial charge on any atom is 0.321 e. The third kappa shape index (κ3) is 3.00. The highest BCUT2D eigenvalue weighted by Crippen LogP contribution is 2.28. The zero-order chi connectivity index (χ0) is 13.1. The predicted octanol–water partition coefficient (Wildman–Crippen LogP) is 4.39. The average molecular weight is 328 g/mol. The molecule has 1 heterocycles. The van der Waals surface area contributed by atoms with E-state index in [2.05, 4.69) is 25.9 Å². The van der Waals surface area contributed by atoms with Gasteiger partial charge in [-0.1, -0.05) is 15.9 Å². The standard InChI is InChI=1S/C13H12BrClN2O/c1-8-3-11(4-9(2)12(8)14)18-13-16-6-10(5-15)7-17-13/h3-4,6-7H,5H2,1-2H3. The Morgan fingerprint density at radius 3 is 2.22 bits per heavy atom. The molecule has 0 spiro atoms. The highest BCUT2D eigenvalue weighted by molar-refractivity contribution is 9.10. The third-order valence-corrected chi connectivity index (χ3v) is 4.01. The molecule has 0 N–H and O–H groups in total. The monoisotopic (exact) mass is 326 g/mol. The van der Waals surface area contributed by atoms with Gasteiger partial charge in [0.05, 0.1) is 5.88 Å². The second-order valence-electron chi connectivity index (χ2n) is 3.98. The summed E-state index contributed by atoms with van der Waals surface area (Å²) in [6.45, 7) is 4.03. The molecule has 0 aliphatic carbocycles. The van der Waals surface area contributed by atoms with Crippen LogP contribution in [0.25, 0.3) is 0 Å². The Morgan fingerprint density at radius 1 is 1.17 bits per heavy atom. The Balaban J connectivity index is 2.23. The van der Waals surface area contributed by atoms with E-state index >= 15 is 0 Å². The minimum Gasteiger partial charge on any atom is -0.424 e. The minimum absolute atomic E-state index is 0.324. The molecule has 2 aromatic rings. The number of hydrogen-bond donors (Lipinski definition) is 0. The van der Waals surface area contributed by atoms with E-state index in [1.807, 2.05) is 26.0 Å². The summed E-state index contributed by atoms with van der Waals surface area (Å²) in [4.78, 5) is 8.19. The van der Waals surface area contributed by atoms with Gasteiger partial charge in [0.15, 0.2) is 0 Å². The highest BCUT2D eigenvalue weighted by atomic mass is 79.9. The molecule has 1 aromatic heterocycles. The smallest absolute Gasteiger partial charge is 0.321 e. The average Bonchev–Trinajstić information content (AvgIpc) is 2.37. The number of halogens is 2. The molecule has 5 heteroatoms. The van der Waals surface area contributed by atoms with Crippen molar-refractivity contribution in [1.82, 2.24) is 9.97 Å². The van der Waals surface area contributed by atoms with Crippen molar-refractivity contribution in [2.24, 2.45) is 0 Å². The first-order chi connectivity index (χ1) is 8.60. The Kier molecular flexibility index (Phi) is 4.19. The van der Waals surface area contributed by atoms with Crippen LogP contribution in [0.15, 0.2) is 29.0 Å². The Morgan fingerprint density at radius 2 is 1.72 bits per heavy atom. The van der Waals surface area contributed by atoms with Gasteiger partial charge >= 0.3 is 6.01 Å². The van der Waals surface area contributed by atoms with Gasteiger partial charge in [-0.25, -0.2) is 9.97 Å². The Labute approximate surface area is 119 Å². The number of nitrogens with zero attached hydrogens (tertiary/aromatic N) is 2. The molecule has 94 valence electrons. The van der Waals surface area contributed by atoms with Gasteiger partial charge < -0.3 is 4.74 Å². The lowest BCUT2D eigenvalue weighted by Crippen LogP contribution is -1.94. The number of aromatic nitrogens is 2. The van der Waals surface area contributed by atoms with Crippen LogP contribution in [-0.2, 0) is 5.88 Å². The van der Waals surface area contributed by atoms with Gasteiger partial charge in [0.1, 0.15) is 5.75 Å². The molecule has 0 amide bonds. The molecule has 3 nitrogen and oxygen atoms in total. The molecular formula is C13H12BrClN2O. The van der Waals surface area contributed by atoms with Gasteiger partial charge in [0.25, 0.3) is 0 Å². The largest absolute Gasteiger partial charge is 0.424 e. The molecule has 0 fully saturated rings. The molecule has 0 aliphatic heterocycles. The van der Waals surface area contributed by atoms with Crippen LogP contribution in [0, 0.1) is 13.8 Å². The lowest BCUT2D eigenvalue weighted by Gasteiger charge is -2.08. The fourth-order valence-electron chi connectivity index (χ4n) is 1.54. The van der Waals surface area contributed by atoms with Gasteiger partial charge in [0.2, 0.25) is 0 Å². The molecule has 0 unspecified atom stereocenters. The maximum atomic E-state index is 5.67. The first-order valence-corrected chi connectivity index (χ1v) is 6.74. The summed E-state index contributed by atoms with van der Waals surface area (Å²) in [6, 6.07) is 4.20. The van der Waals surface area contributed by atoms with Gasteiger partial charge in [-0.2, -0.15) is 0 Å². The molecular weight excluding hydrogens is 316 g/mol. The highest BCUT2D eigenvalue weighted by Gasteiger charge is 2.05. The summed E-state index contributed by atoms with van der Waals surface area (Å²) >= 11 is 9.19. The van der Waals surface area contributed by atoms with Gasteiger partial charge in [-0.15, -0.1) is 11.6 Å². The Hall–Kier alpha value is -1.13. The van der Waals surface area contributed by atoms with Crippen LogP contribution in [0.3, 0.4) is 0 Å². The predicted molar refractivity (Wildman–Crippen MR) is 75.3 cm³/mol. The quantitative estimate of drug-likeness (QED) is 0.784. The van der Waals surface area contributed by atoms with Crippen molar-refractivity contribution in [3.63, 3.8) is 0 Å². The SMILES string of the molecule is Cc1cc(Oc2ncc(CCl)cn2)cc(C)c1Br. The first-order valence-electron chi connectivity index (χ1n) is 5.41. The summed E-state index contributed by atoms with van der Waals surface area (Å²) < 4.78 is 6.70. The number of aryl methyl sites for hydroxylation is 2. The van der Waals surface area contributed by atoms with Crippen LogP contribution in [0.5, 0.6) is 11.8 Å². The summed E-state index contributed by atoms with van der Waals surface area (Å²) in [7, 11) is 0. The lowest BCUT2D eigenvalue weighted by molar-refractivity contribution is 0.440. The van der Waals surface area contributed by atoms with Crippen LogP contribution < -0.4 is 4.74 Å². The van der Waals surface area contributed by atoms with Crippen molar-refractivity contribution < 1.29 is 4.74 Å². The molecule has 2 rings (SSSR count). The number of benzene rings is 1. The van der Waals surface area contributed by atoms with Crippen molar-refractivity contribution in [1.29, 1.82) is 0 Å². The number of alkyl halides is 1. The molecule has 0 aliphatic rings. The minimum atomic E-state index is 0.324. The molecule has 18 heavy (non-hydrogen) atoms. The van der Waals surface area contributed by atoms with E-state index < -0.39 is 0 Å². The Bertz CT molecular complexity index is 534. The lowest BCUT2D eigenvalue weighted by atomic mass is 10.1. The van der Waals surface area contributed by atoms with E-state index in [-0.39, 0.29) is 0 Å². The van der Waals surface area contributed by atoms with E-state index in [4.69, 9.17) is 16.3 Å². The summed E-state index contributed by atoms with van der Waals surface area (Å²) in [6.07, 6.45) is 3.32. The van der Waals surface area contributed by atoms with E-state index in [0.717, 1.165) is 26.9 Å². The van der Waals surface area contributed by atoms with Crippen LogP contribution in [0.4, 0.5) is 0 Å². The van der Waals surface area contributed by atoms with Gasteiger partial charge in [0, 0.05) is 22.4 Å². The second kappa shape index (κ2) is 5.67. The summed E-state index contributed by atoms with van der Waals surface area (Å²) in [5, 5.41) is 0. The number of rotatable bonds is 3. The fourth-order valence-corrected chi connectivity index (χ4v) is 1.90. The van der Waals surface area contributed by atoms with Crippen LogP contribution >= 0.6 is 27.5 Å². The van der Waals surface area contributed by atoms with Gasteiger partial charge in [-0.05, 0) is 37.1 Å². The van der Waals surface area contributed by atoms with Crippen molar-refractivity contribution in [2.45, 2.75) is 19.7 Å². The van der Waals surface area contributed by atoms with Gasteiger partial charge in [-0.3, -0.25) is 0 Å². The van der Waals surface area contributed by atoms with Crippen LogP contribution in [0.2, 0.25) is 0 Å². The van der Waals surface area contributed by atoms with Crippen LogP contribution in [0.1, 0.15) is 16.7 Å². The zero-order valence-electron chi connectivity index (χ0n) is 10.1. The molecule has 0 saturated carbocycles. The van der Waals surface area contributed by atoms with E-state index in [0.29, 0.717) is 11.9 Å². The van der Waals surface area contributed by atoms with Crippen molar-refractivity contribution in [3.8, 4) is 11.8 Å². The van der Waals surface area contributed by atoms with E-state index in [1.165, 1.54) is 0 Å². The first kappa shape index (κ1) is 13.3. The topological polar surface area (TPSA) is 35.0 Å². The zero-order valence-corrected chi connectivity index (χ0v) is 12.4. The molecule has 0 bridgehead atoms. The molecule has 1 aromatic carbocycles. The normalized spacial score (nSPS) is 10.4. The molecule has 0 radical (unpaired) electrons. The van der Waals surface area contributed by atoms with Crippen molar-refractivity contribution in [2.75, 3.05) is 0 Å². The number of hydrogen-bond acceptors (Lipinski definition) is 3. The van der Waals surface area contributed by atoms with E-state index in [9.17, 15) is 0 Å². The molecule has 0 saturated heterocycles. The summed E-state index contributed by atoms with van der Waals surface area (Å²) in [5.74, 6) is 1.13. The fraction of sp³-hybridized carbons (Fsp3) is 0.231. The third-order valence-electron chi connectivity index (χ3n) is 2.46. The van der Waals surface area contributed by atoms with Crippen molar-refractivity contribution in [3.05, 3.63) is 45.7 Å². The maximum absolute atomic E-state index is 5.67. The van der Waals surface area contributed by atoms with Crippen molar-refractivity contribution >= 4 is 27.5 Å². The molecule has 0 atom stereocenters.